The Morgan fingerprint density at radius 2 is 0.885 bits per heavy atom. The van der Waals surface area contributed by atoms with Crippen molar-refractivity contribution in [3.05, 3.63) is 219 Å². The van der Waals surface area contributed by atoms with Crippen molar-refractivity contribution in [2.45, 2.75) is 52.5 Å². The molecule has 0 unspecified atom stereocenters. The summed E-state index contributed by atoms with van der Waals surface area (Å²) in [6, 6.07) is 23.2. The lowest BCUT2D eigenvalue weighted by Crippen LogP contribution is -2.48. The van der Waals surface area contributed by atoms with Gasteiger partial charge in [-0.25, -0.2) is 22.8 Å². The number of aromatic nitrogens is 6. The lowest BCUT2D eigenvalue weighted by molar-refractivity contribution is -0.00345. The fourth-order valence-electron chi connectivity index (χ4n) is 8.74. The highest BCUT2D eigenvalue weighted by atomic mass is 35.5. The first-order chi connectivity index (χ1) is 41.7. The Hall–Kier alpha value is -9.27. The van der Waals surface area contributed by atoms with Crippen LogP contribution in [0.4, 0.5) is 47.3 Å². The Bertz CT molecular complexity index is 4020. The third-order valence-electron chi connectivity index (χ3n) is 13.4. The largest absolute Gasteiger partial charge is 0.465 e. The fourth-order valence-corrected chi connectivity index (χ4v) is 9.26. The van der Waals surface area contributed by atoms with E-state index in [0.717, 1.165) is 28.0 Å². The van der Waals surface area contributed by atoms with Gasteiger partial charge in [-0.05, 0) is 126 Å². The maximum atomic E-state index is 14.4. The minimum absolute atomic E-state index is 0.00473. The molecular weight excluding hydrogens is 1180 g/mol. The second-order valence-corrected chi connectivity index (χ2v) is 21.5. The van der Waals surface area contributed by atoms with Gasteiger partial charge in [0.1, 0.15) is 28.6 Å². The van der Waals surface area contributed by atoms with Crippen molar-refractivity contribution in [1.29, 1.82) is 0 Å². The SMILES string of the molecule is C=C(C)c1cnc(-c2cc(Cl)ccc2F)cc1Nc1ccncc1C(=O)OC.CC(C)c1cnc(-c2cc(Cl)ccc2F)cc1Nc1ccncc1C(=O)NC1COC1.COC(=O)c1cnccc1Nc1cc(-c2cc(Cl)ccc2F)ncc1C(C)C. The summed E-state index contributed by atoms with van der Waals surface area (Å²) in [6.07, 6.45) is 14.1. The van der Waals surface area contributed by atoms with Crippen LogP contribution in [0.1, 0.15) is 94.2 Å². The normalized spacial score (nSPS) is 11.7. The van der Waals surface area contributed by atoms with Crippen LogP contribution in [-0.4, -0.2) is 81.2 Å². The average molecular weight is 1240 g/mol. The molecule has 0 aliphatic carbocycles. The number of anilines is 6. The molecule has 0 saturated carbocycles. The smallest absolute Gasteiger partial charge is 0.341 e. The van der Waals surface area contributed by atoms with E-state index in [1.165, 1.54) is 81.3 Å². The molecular formula is C65H58Cl3F3N10O6. The Balaban J connectivity index is 0.000000170. The number of carbonyl (C=O) groups excluding carboxylic acids is 3. The molecule has 22 heteroatoms. The molecule has 6 aromatic heterocycles. The lowest BCUT2D eigenvalue weighted by atomic mass is 10.0. The number of rotatable bonds is 16. The molecule has 4 N–H and O–H groups in total. The van der Waals surface area contributed by atoms with Gasteiger partial charge in [-0.15, -0.1) is 0 Å². The summed E-state index contributed by atoms with van der Waals surface area (Å²) in [5, 5.41) is 13.9. The minimum Gasteiger partial charge on any atom is -0.465 e. The topological polar surface area (TPSA) is 204 Å². The first kappa shape index (κ1) is 63.7. The second kappa shape index (κ2) is 29.2. The predicted octanol–water partition coefficient (Wildman–Crippen LogP) is 16.0. The van der Waals surface area contributed by atoms with E-state index < -0.39 is 29.4 Å². The lowest BCUT2D eigenvalue weighted by Gasteiger charge is -2.27. The number of hydrogen-bond donors (Lipinski definition) is 4. The predicted molar refractivity (Wildman–Crippen MR) is 334 cm³/mol. The first-order valence-electron chi connectivity index (χ1n) is 26.9. The van der Waals surface area contributed by atoms with Crippen LogP contribution in [0.5, 0.6) is 0 Å². The van der Waals surface area contributed by atoms with Gasteiger partial charge >= 0.3 is 11.9 Å². The standard InChI is InChI=1S/C23H22ClFN4O2.C21H19ClFN3O2.C21H17ClFN3O2/c1-13(2)17-10-27-21(16-7-14(24)3-4-19(16)25)8-22(17)29-20-5-6-26-9-18(20)23(30)28-15-11-31-12-15;2*1-12(2)15-11-25-19(14-8-13(22)4-5-17(14)23)9-20(15)26-18-6-7-24-10-16(18)21(27)28-3/h3-10,13,15H,11-12H2,1-2H3,(H,28,30)(H,26,27,29);4-12H,1-3H3,(H,24,25,26);4-11H,1H2,2-3H3,(H,24,25,26). The van der Waals surface area contributed by atoms with E-state index in [-0.39, 0.29) is 34.9 Å². The molecule has 0 spiro atoms. The quantitative estimate of drug-likeness (QED) is 0.0665. The number of pyridine rings is 6. The molecule has 10 rings (SSSR count). The monoisotopic (exact) mass is 1240 g/mol. The summed E-state index contributed by atoms with van der Waals surface area (Å²) in [4.78, 5) is 62.0. The highest BCUT2D eigenvalue weighted by molar-refractivity contribution is 6.31. The van der Waals surface area contributed by atoms with Gasteiger partial charge in [0.2, 0.25) is 0 Å². The zero-order valence-corrected chi connectivity index (χ0v) is 50.4. The van der Waals surface area contributed by atoms with Gasteiger partial charge in [0.25, 0.3) is 5.91 Å². The van der Waals surface area contributed by atoms with Gasteiger partial charge in [0, 0.05) is 110 Å². The molecule has 1 fully saturated rings. The number of halogens is 6. The maximum absolute atomic E-state index is 14.4. The number of esters is 2. The third-order valence-corrected chi connectivity index (χ3v) is 14.1. The van der Waals surface area contributed by atoms with E-state index in [1.54, 1.807) is 79.6 Å². The molecule has 9 aromatic rings. The molecule has 1 saturated heterocycles. The van der Waals surface area contributed by atoms with E-state index in [2.05, 4.69) is 57.7 Å². The minimum atomic E-state index is -0.525. The summed E-state index contributed by atoms with van der Waals surface area (Å²) in [6.45, 7) is 14.9. The van der Waals surface area contributed by atoms with Gasteiger partial charge in [-0.1, -0.05) is 69.1 Å². The molecule has 0 atom stereocenters. The molecule has 1 aliphatic heterocycles. The number of nitrogens with zero attached hydrogens (tertiary/aromatic N) is 6. The van der Waals surface area contributed by atoms with Crippen LogP contribution < -0.4 is 21.3 Å². The van der Waals surface area contributed by atoms with Crippen LogP contribution in [0.3, 0.4) is 0 Å². The van der Waals surface area contributed by atoms with Crippen LogP contribution in [-0.2, 0) is 14.2 Å². The van der Waals surface area contributed by atoms with Crippen LogP contribution in [0.15, 0.2) is 153 Å². The number of carbonyl (C=O) groups is 3. The highest BCUT2D eigenvalue weighted by Crippen LogP contribution is 2.37. The van der Waals surface area contributed by atoms with Crippen LogP contribution in [0.2, 0.25) is 15.1 Å². The van der Waals surface area contributed by atoms with E-state index >= 15 is 0 Å². The van der Waals surface area contributed by atoms with Crippen molar-refractivity contribution < 1.29 is 41.8 Å². The Labute approximate surface area is 515 Å². The van der Waals surface area contributed by atoms with Gasteiger partial charge < -0.3 is 35.5 Å². The highest BCUT2D eigenvalue weighted by Gasteiger charge is 2.24. The van der Waals surface area contributed by atoms with Gasteiger partial charge in [0.05, 0.1) is 73.2 Å². The fraction of sp³-hybridized carbons (Fsp3) is 0.185. The van der Waals surface area contributed by atoms with Crippen LogP contribution in [0.25, 0.3) is 39.3 Å². The molecule has 7 heterocycles. The van der Waals surface area contributed by atoms with Crippen molar-refractivity contribution in [2.24, 2.45) is 0 Å². The van der Waals surface area contributed by atoms with Gasteiger partial charge in [-0.3, -0.25) is 34.7 Å². The number of hydrogen-bond acceptors (Lipinski definition) is 15. The molecule has 0 bridgehead atoms. The zero-order valence-electron chi connectivity index (χ0n) is 48.1. The molecule has 3 aromatic carbocycles. The van der Waals surface area contributed by atoms with E-state index in [0.29, 0.717) is 96.1 Å². The second-order valence-electron chi connectivity index (χ2n) is 20.2. The summed E-state index contributed by atoms with van der Waals surface area (Å²) in [7, 11) is 2.61. The van der Waals surface area contributed by atoms with E-state index in [4.69, 9.17) is 49.0 Å². The maximum Gasteiger partial charge on any atom is 0.341 e. The molecule has 446 valence electrons. The summed E-state index contributed by atoms with van der Waals surface area (Å²) in [5.41, 5.74) is 10.1. The van der Waals surface area contributed by atoms with Crippen LogP contribution >= 0.6 is 34.8 Å². The Morgan fingerprint density at radius 1 is 0.517 bits per heavy atom. The van der Waals surface area contributed by atoms with Gasteiger partial charge in [0.15, 0.2) is 0 Å². The number of nitrogens with one attached hydrogen (secondary N) is 4. The molecule has 1 amide bonds. The number of amides is 1. The molecule has 87 heavy (non-hydrogen) atoms. The number of ether oxygens (including phenoxy) is 3. The first-order valence-corrected chi connectivity index (χ1v) is 28.1. The molecule has 0 radical (unpaired) electrons. The van der Waals surface area contributed by atoms with Crippen LogP contribution in [0, 0.1) is 17.5 Å². The van der Waals surface area contributed by atoms with Gasteiger partial charge in [-0.2, -0.15) is 0 Å². The third kappa shape index (κ3) is 16.0. The number of methoxy groups -OCH3 is 2. The summed E-state index contributed by atoms with van der Waals surface area (Å²) >= 11 is 18.1. The van der Waals surface area contributed by atoms with E-state index in [9.17, 15) is 27.6 Å². The Morgan fingerprint density at radius 3 is 1.25 bits per heavy atom. The molecule has 16 nitrogen and oxygen atoms in total. The van der Waals surface area contributed by atoms with E-state index in [1.807, 2.05) is 34.6 Å². The number of benzene rings is 3. The zero-order chi connectivity index (χ0) is 62.5. The summed E-state index contributed by atoms with van der Waals surface area (Å²) < 4.78 is 57.7. The average Bonchev–Trinajstić information content (AvgIpc) is 2.29. The van der Waals surface area contributed by atoms with Crippen molar-refractivity contribution in [2.75, 3.05) is 43.4 Å². The number of allylic oxidation sites excluding steroid dienone is 1. The van der Waals surface area contributed by atoms with Crippen molar-refractivity contribution in [3.8, 4) is 33.8 Å². The van der Waals surface area contributed by atoms with Crippen molar-refractivity contribution in [1.82, 2.24) is 35.2 Å². The Kier molecular flexibility index (Phi) is 21.4. The van der Waals surface area contributed by atoms with Crippen molar-refractivity contribution >= 4 is 92.3 Å². The van der Waals surface area contributed by atoms with Crippen molar-refractivity contribution in [3.63, 3.8) is 0 Å². The summed E-state index contributed by atoms with van der Waals surface area (Å²) in [5.74, 6) is -2.22. The molecule has 1 aliphatic rings.